The van der Waals surface area contributed by atoms with Gasteiger partial charge in [-0.3, -0.25) is 19.3 Å². The minimum Gasteiger partial charge on any atom is -0.459 e. The number of furan rings is 1. The minimum absolute atomic E-state index is 0.0198. The summed E-state index contributed by atoms with van der Waals surface area (Å²) < 4.78 is 5.17. The maximum atomic E-state index is 12.8. The molecule has 0 aliphatic carbocycles. The van der Waals surface area contributed by atoms with Crippen molar-refractivity contribution in [1.29, 1.82) is 0 Å². The fourth-order valence-electron chi connectivity index (χ4n) is 3.47. The number of anilines is 1. The molecule has 1 atom stereocenters. The fraction of sp³-hybridized carbons (Fsp3) is 0.409. The van der Waals surface area contributed by atoms with Gasteiger partial charge in [-0.05, 0) is 38.1 Å². The highest BCUT2D eigenvalue weighted by atomic mass is 16.3. The maximum absolute atomic E-state index is 12.8. The Morgan fingerprint density at radius 1 is 1.10 bits per heavy atom. The van der Waals surface area contributed by atoms with E-state index in [0.29, 0.717) is 37.6 Å². The predicted octanol–water partition coefficient (Wildman–Crippen LogP) is 1.83. The SMILES string of the molecule is Cc1ccc(NC(=O)CN(C)C(=O)[C@@H](C)N2CCN(C(=O)c3ccco3)CC2)cc1. The third-order valence-corrected chi connectivity index (χ3v) is 5.33. The monoisotopic (exact) mass is 412 g/mol. The molecule has 1 saturated heterocycles. The van der Waals surface area contributed by atoms with Gasteiger partial charge in [0.2, 0.25) is 11.8 Å². The molecule has 2 heterocycles. The van der Waals surface area contributed by atoms with Gasteiger partial charge in [-0.2, -0.15) is 0 Å². The molecule has 1 N–H and O–H groups in total. The first-order valence-corrected chi connectivity index (χ1v) is 10.0. The van der Waals surface area contributed by atoms with Crippen LogP contribution in [0.1, 0.15) is 23.0 Å². The highest BCUT2D eigenvalue weighted by Crippen LogP contribution is 2.13. The van der Waals surface area contributed by atoms with Crippen molar-refractivity contribution in [3.05, 3.63) is 54.0 Å². The second-order valence-corrected chi connectivity index (χ2v) is 7.59. The molecule has 0 radical (unpaired) electrons. The van der Waals surface area contributed by atoms with Gasteiger partial charge < -0.3 is 19.5 Å². The Balaban J connectivity index is 1.47. The van der Waals surface area contributed by atoms with Gasteiger partial charge in [-0.15, -0.1) is 0 Å². The molecule has 8 nitrogen and oxygen atoms in total. The van der Waals surface area contributed by atoms with Crippen LogP contribution in [-0.2, 0) is 9.59 Å². The zero-order valence-electron chi connectivity index (χ0n) is 17.6. The Hall–Kier alpha value is -3.13. The van der Waals surface area contributed by atoms with E-state index in [0.717, 1.165) is 5.56 Å². The first-order chi connectivity index (χ1) is 14.3. The lowest BCUT2D eigenvalue weighted by Gasteiger charge is -2.38. The smallest absolute Gasteiger partial charge is 0.289 e. The average molecular weight is 412 g/mol. The number of aryl methyl sites for hydroxylation is 1. The van der Waals surface area contributed by atoms with Crippen LogP contribution in [-0.4, -0.2) is 78.2 Å². The third kappa shape index (κ3) is 5.27. The molecule has 1 aromatic heterocycles. The van der Waals surface area contributed by atoms with Crippen LogP contribution in [0, 0.1) is 6.92 Å². The topological polar surface area (TPSA) is 86.1 Å². The summed E-state index contributed by atoms with van der Waals surface area (Å²) in [7, 11) is 1.63. The number of hydrogen-bond acceptors (Lipinski definition) is 5. The largest absolute Gasteiger partial charge is 0.459 e. The van der Waals surface area contributed by atoms with E-state index in [4.69, 9.17) is 4.42 Å². The number of rotatable bonds is 6. The number of carbonyl (C=O) groups excluding carboxylic acids is 3. The molecule has 1 aliphatic rings. The van der Waals surface area contributed by atoms with Crippen molar-refractivity contribution in [3.8, 4) is 0 Å². The number of benzene rings is 1. The normalized spacial score (nSPS) is 15.5. The number of nitrogens with zero attached hydrogens (tertiary/aromatic N) is 3. The minimum atomic E-state index is -0.372. The first-order valence-electron chi connectivity index (χ1n) is 10.0. The molecule has 30 heavy (non-hydrogen) atoms. The summed E-state index contributed by atoms with van der Waals surface area (Å²) in [6.45, 7) is 6.01. The molecule has 1 aromatic carbocycles. The van der Waals surface area contributed by atoms with E-state index in [2.05, 4.69) is 5.32 Å². The third-order valence-electron chi connectivity index (χ3n) is 5.33. The molecule has 0 saturated carbocycles. The van der Waals surface area contributed by atoms with Crippen LogP contribution < -0.4 is 5.32 Å². The van der Waals surface area contributed by atoms with Gasteiger partial charge in [0.1, 0.15) is 0 Å². The Labute approximate surface area is 176 Å². The van der Waals surface area contributed by atoms with Gasteiger partial charge in [0.15, 0.2) is 5.76 Å². The quantitative estimate of drug-likeness (QED) is 0.782. The summed E-state index contributed by atoms with van der Waals surface area (Å²) in [6, 6.07) is 10.5. The molecule has 0 unspecified atom stereocenters. The average Bonchev–Trinajstić information content (AvgIpc) is 3.28. The molecular weight excluding hydrogens is 384 g/mol. The van der Waals surface area contributed by atoms with Crippen molar-refractivity contribution in [3.63, 3.8) is 0 Å². The van der Waals surface area contributed by atoms with Gasteiger partial charge in [0.05, 0.1) is 18.8 Å². The van der Waals surface area contributed by atoms with Crippen molar-refractivity contribution in [2.45, 2.75) is 19.9 Å². The van der Waals surface area contributed by atoms with E-state index in [1.54, 1.807) is 24.1 Å². The first kappa shape index (κ1) is 21.6. The summed E-state index contributed by atoms with van der Waals surface area (Å²) in [5, 5.41) is 2.81. The Bertz CT molecular complexity index is 871. The standard InChI is InChI=1S/C22H28N4O4/c1-16-6-8-18(9-7-16)23-20(27)15-24(3)21(28)17(2)25-10-12-26(13-11-25)22(29)19-5-4-14-30-19/h4-9,14,17H,10-13,15H2,1-3H3,(H,23,27)/t17-/m1/s1. The Morgan fingerprint density at radius 3 is 2.37 bits per heavy atom. The van der Waals surface area contributed by atoms with E-state index in [9.17, 15) is 14.4 Å². The van der Waals surface area contributed by atoms with Gasteiger partial charge in [0, 0.05) is 38.9 Å². The summed E-state index contributed by atoms with van der Waals surface area (Å²) >= 11 is 0. The molecular formula is C22H28N4O4. The number of likely N-dealkylation sites (N-methyl/N-ethyl adjacent to an activating group) is 1. The molecule has 1 fully saturated rings. The molecule has 0 bridgehead atoms. The van der Waals surface area contributed by atoms with Crippen molar-refractivity contribution in [2.24, 2.45) is 0 Å². The van der Waals surface area contributed by atoms with Crippen molar-refractivity contribution < 1.29 is 18.8 Å². The summed E-state index contributed by atoms with van der Waals surface area (Å²) in [5.41, 5.74) is 1.82. The predicted molar refractivity (Wildman–Crippen MR) is 113 cm³/mol. The highest BCUT2D eigenvalue weighted by molar-refractivity contribution is 5.95. The van der Waals surface area contributed by atoms with E-state index >= 15 is 0 Å². The number of nitrogens with one attached hydrogen (secondary N) is 1. The van der Waals surface area contributed by atoms with Crippen LogP contribution in [0.4, 0.5) is 5.69 Å². The number of piperazine rings is 1. The van der Waals surface area contributed by atoms with Crippen LogP contribution in [0.2, 0.25) is 0 Å². The lowest BCUT2D eigenvalue weighted by Crippen LogP contribution is -2.55. The van der Waals surface area contributed by atoms with Gasteiger partial charge in [-0.25, -0.2) is 0 Å². The molecule has 160 valence electrons. The molecule has 3 rings (SSSR count). The van der Waals surface area contributed by atoms with Gasteiger partial charge in [-0.1, -0.05) is 17.7 Å². The van der Waals surface area contributed by atoms with Crippen molar-refractivity contribution in [2.75, 3.05) is 45.1 Å². The van der Waals surface area contributed by atoms with Crippen molar-refractivity contribution >= 4 is 23.4 Å². The van der Waals surface area contributed by atoms with Crippen LogP contribution in [0.25, 0.3) is 0 Å². The second-order valence-electron chi connectivity index (χ2n) is 7.59. The Kier molecular flexibility index (Phi) is 6.89. The summed E-state index contributed by atoms with van der Waals surface area (Å²) in [6.07, 6.45) is 1.48. The summed E-state index contributed by atoms with van der Waals surface area (Å²) in [5.74, 6) is -0.175. The zero-order valence-corrected chi connectivity index (χ0v) is 17.6. The van der Waals surface area contributed by atoms with Crippen LogP contribution in [0.3, 0.4) is 0 Å². The van der Waals surface area contributed by atoms with Crippen LogP contribution in [0.15, 0.2) is 47.1 Å². The van der Waals surface area contributed by atoms with Crippen LogP contribution in [0.5, 0.6) is 0 Å². The number of amides is 3. The summed E-state index contributed by atoms with van der Waals surface area (Å²) in [4.78, 5) is 42.6. The van der Waals surface area contributed by atoms with E-state index in [1.165, 1.54) is 11.2 Å². The lowest BCUT2D eigenvalue weighted by molar-refractivity contribution is -0.138. The zero-order chi connectivity index (χ0) is 21.7. The Morgan fingerprint density at radius 2 is 1.77 bits per heavy atom. The molecule has 3 amide bonds. The van der Waals surface area contributed by atoms with E-state index in [-0.39, 0.29) is 30.3 Å². The highest BCUT2D eigenvalue weighted by Gasteiger charge is 2.30. The fourth-order valence-corrected chi connectivity index (χ4v) is 3.47. The van der Waals surface area contributed by atoms with Gasteiger partial charge >= 0.3 is 0 Å². The number of hydrogen-bond donors (Lipinski definition) is 1. The lowest BCUT2D eigenvalue weighted by atomic mass is 10.2. The van der Waals surface area contributed by atoms with E-state index in [1.807, 2.05) is 43.0 Å². The molecule has 8 heteroatoms. The molecule has 2 aromatic rings. The molecule has 1 aliphatic heterocycles. The second kappa shape index (κ2) is 9.58. The van der Waals surface area contributed by atoms with Crippen LogP contribution >= 0.6 is 0 Å². The van der Waals surface area contributed by atoms with Gasteiger partial charge in [0.25, 0.3) is 5.91 Å². The number of carbonyl (C=O) groups is 3. The molecule has 0 spiro atoms. The van der Waals surface area contributed by atoms with Crippen molar-refractivity contribution in [1.82, 2.24) is 14.7 Å². The van der Waals surface area contributed by atoms with E-state index < -0.39 is 0 Å². The maximum Gasteiger partial charge on any atom is 0.289 e.